The number of nitrogens with two attached hydrogens (primary N) is 1. The van der Waals surface area contributed by atoms with E-state index in [9.17, 15) is 4.79 Å². The molecular weight excluding hydrogens is 342 g/mol. The van der Waals surface area contributed by atoms with E-state index in [0.29, 0.717) is 0 Å². The number of carbonyl (C=O) groups is 1. The highest BCUT2D eigenvalue weighted by atomic mass is 16.1. The summed E-state index contributed by atoms with van der Waals surface area (Å²) in [6.45, 7) is 6.47. The molecular formula is C26H51NO. The van der Waals surface area contributed by atoms with Crippen LogP contribution in [0.3, 0.4) is 0 Å². The van der Waals surface area contributed by atoms with Gasteiger partial charge in [-0.3, -0.25) is 4.79 Å². The Morgan fingerprint density at radius 3 is 1.43 bits per heavy atom. The molecule has 0 aromatic rings. The molecule has 0 unspecified atom stereocenters. The molecule has 0 fully saturated rings. The third-order valence-electron chi connectivity index (χ3n) is 6.54. The van der Waals surface area contributed by atoms with Crippen molar-refractivity contribution >= 4 is 5.91 Å². The van der Waals surface area contributed by atoms with Gasteiger partial charge >= 0.3 is 0 Å². The predicted molar refractivity (Wildman–Crippen MR) is 126 cm³/mol. The van der Waals surface area contributed by atoms with Gasteiger partial charge in [0.05, 0.1) is 0 Å². The summed E-state index contributed by atoms with van der Waals surface area (Å²) >= 11 is 0. The average molecular weight is 394 g/mol. The zero-order valence-corrected chi connectivity index (χ0v) is 19.6. The molecule has 2 nitrogen and oxygen atoms in total. The molecule has 0 aliphatic rings. The molecule has 0 radical (unpaired) electrons. The van der Waals surface area contributed by atoms with Crippen molar-refractivity contribution in [2.24, 2.45) is 11.1 Å². The van der Waals surface area contributed by atoms with Crippen molar-refractivity contribution in [3.05, 3.63) is 12.2 Å². The molecule has 0 heterocycles. The van der Waals surface area contributed by atoms with Crippen molar-refractivity contribution in [2.75, 3.05) is 0 Å². The maximum atomic E-state index is 11.7. The summed E-state index contributed by atoms with van der Waals surface area (Å²) in [5, 5.41) is 0. The largest absolute Gasteiger partial charge is 0.369 e. The third-order valence-corrected chi connectivity index (χ3v) is 6.54. The summed E-state index contributed by atoms with van der Waals surface area (Å²) in [7, 11) is 0. The van der Waals surface area contributed by atoms with E-state index in [-0.39, 0.29) is 11.3 Å². The first-order chi connectivity index (χ1) is 13.6. The fraction of sp³-hybridized carbons (Fsp3) is 0.885. The molecule has 1 amide bonds. The molecule has 0 aliphatic carbocycles. The van der Waals surface area contributed by atoms with Crippen LogP contribution in [0.5, 0.6) is 0 Å². The Labute approximate surface area is 177 Å². The van der Waals surface area contributed by atoms with Crippen LogP contribution in [-0.4, -0.2) is 5.91 Å². The van der Waals surface area contributed by atoms with Gasteiger partial charge < -0.3 is 5.73 Å². The first-order valence-electron chi connectivity index (χ1n) is 12.6. The Morgan fingerprint density at radius 2 is 1.04 bits per heavy atom. The minimum Gasteiger partial charge on any atom is -0.369 e. The standard InChI is InChI=1S/C26H51NO/c1-4-7-8-9-10-11-12-13-14-15-16-17-18-19-20-21-22-23-24-26(5-2,6-3)25(27)28/h13-14H,4-12,15-24H2,1-3H3,(H2,27,28)/b14-13-. The zero-order valence-electron chi connectivity index (χ0n) is 19.6. The Hall–Kier alpha value is -0.790. The number of allylic oxidation sites excluding steroid dienone is 2. The normalized spacial score (nSPS) is 12.1. The molecule has 166 valence electrons. The number of hydrogen-bond donors (Lipinski definition) is 1. The second-order valence-corrected chi connectivity index (χ2v) is 8.75. The van der Waals surface area contributed by atoms with Crippen LogP contribution < -0.4 is 5.73 Å². The maximum Gasteiger partial charge on any atom is 0.223 e. The summed E-state index contributed by atoms with van der Waals surface area (Å²) in [4.78, 5) is 11.7. The Balaban J connectivity index is 3.38. The van der Waals surface area contributed by atoms with Crippen LogP contribution in [0.2, 0.25) is 0 Å². The van der Waals surface area contributed by atoms with Crippen LogP contribution >= 0.6 is 0 Å². The quantitative estimate of drug-likeness (QED) is 0.154. The first kappa shape index (κ1) is 27.2. The highest BCUT2D eigenvalue weighted by Gasteiger charge is 2.31. The van der Waals surface area contributed by atoms with E-state index in [0.717, 1.165) is 25.7 Å². The van der Waals surface area contributed by atoms with E-state index in [1.54, 1.807) is 0 Å². The molecule has 2 N–H and O–H groups in total. The van der Waals surface area contributed by atoms with E-state index in [1.807, 2.05) is 0 Å². The van der Waals surface area contributed by atoms with Crippen LogP contribution in [0, 0.1) is 5.41 Å². The highest BCUT2D eigenvalue weighted by Crippen LogP contribution is 2.32. The lowest BCUT2D eigenvalue weighted by Gasteiger charge is -2.27. The van der Waals surface area contributed by atoms with Crippen molar-refractivity contribution in [3.8, 4) is 0 Å². The number of primary amides is 1. The zero-order chi connectivity index (χ0) is 20.9. The first-order valence-corrected chi connectivity index (χ1v) is 12.6. The lowest BCUT2D eigenvalue weighted by molar-refractivity contribution is -0.128. The smallest absolute Gasteiger partial charge is 0.223 e. The summed E-state index contributed by atoms with van der Waals surface area (Å²) in [6, 6.07) is 0. The summed E-state index contributed by atoms with van der Waals surface area (Å²) in [5.74, 6) is -0.0986. The van der Waals surface area contributed by atoms with Gasteiger partial charge in [-0.25, -0.2) is 0 Å². The number of rotatable bonds is 21. The lowest BCUT2D eigenvalue weighted by Crippen LogP contribution is -2.36. The maximum absolute atomic E-state index is 11.7. The van der Waals surface area contributed by atoms with E-state index in [1.165, 1.54) is 96.3 Å². The molecule has 0 aromatic carbocycles. The predicted octanol–water partition coefficient (Wildman–Crippen LogP) is 8.49. The van der Waals surface area contributed by atoms with Crippen molar-refractivity contribution in [2.45, 2.75) is 143 Å². The van der Waals surface area contributed by atoms with Crippen molar-refractivity contribution in [3.63, 3.8) is 0 Å². The van der Waals surface area contributed by atoms with E-state index in [2.05, 4.69) is 32.9 Å². The third kappa shape index (κ3) is 14.2. The fourth-order valence-electron chi connectivity index (χ4n) is 4.14. The molecule has 28 heavy (non-hydrogen) atoms. The van der Waals surface area contributed by atoms with Gasteiger partial charge in [-0.15, -0.1) is 0 Å². The monoisotopic (exact) mass is 393 g/mol. The number of amides is 1. The summed E-state index contributed by atoms with van der Waals surface area (Å²) in [5.41, 5.74) is 5.38. The number of hydrogen-bond acceptors (Lipinski definition) is 1. The van der Waals surface area contributed by atoms with Crippen molar-refractivity contribution in [1.82, 2.24) is 0 Å². The van der Waals surface area contributed by atoms with Gasteiger partial charge in [-0.05, 0) is 44.9 Å². The molecule has 0 aromatic heterocycles. The van der Waals surface area contributed by atoms with E-state index in [4.69, 9.17) is 5.73 Å². The SMILES string of the molecule is CCCCCCCC/C=C\CCCCCCCCCCC(CC)(CC)C(N)=O. The van der Waals surface area contributed by atoms with E-state index < -0.39 is 0 Å². The van der Waals surface area contributed by atoms with E-state index >= 15 is 0 Å². The van der Waals surface area contributed by atoms with Gasteiger partial charge in [0.1, 0.15) is 0 Å². The number of carbonyl (C=O) groups excluding carboxylic acids is 1. The Bertz CT molecular complexity index is 371. The van der Waals surface area contributed by atoms with Gasteiger partial charge in [0.2, 0.25) is 5.91 Å². The van der Waals surface area contributed by atoms with Crippen LogP contribution in [-0.2, 0) is 4.79 Å². The molecule has 0 saturated carbocycles. The minimum absolute atomic E-state index is 0.0986. The van der Waals surface area contributed by atoms with Crippen LogP contribution in [0.1, 0.15) is 143 Å². The fourth-order valence-corrected chi connectivity index (χ4v) is 4.14. The Kier molecular flexibility index (Phi) is 19.0. The number of unbranched alkanes of at least 4 members (excludes halogenated alkanes) is 14. The van der Waals surface area contributed by atoms with Crippen molar-refractivity contribution in [1.29, 1.82) is 0 Å². The second kappa shape index (κ2) is 19.5. The van der Waals surface area contributed by atoms with Gasteiger partial charge in [0, 0.05) is 5.41 Å². The van der Waals surface area contributed by atoms with Crippen LogP contribution in [0.15, 0.2) is 12.2 Å². The molecule has 0 spiro atoms. The Morgan fingerprint density at radius 1 is 0.643 bits per heavy atom. The van der Waals surface area contributed by atoms with Crippen LogP contribution in [0.4, 0.5) is 0 Å². The minimum atomic E-state index is -0.247. The summed E-state index contributed by atoms with van der Waals surface area (Å²) < 4.78 is 0. The van der Waals surface area contributed by atoms with Gasteiger partial charge in [-0.2, -0.15) is 0 Å². The molecule has 0 atom stereocenters. The summed E-state index contributed by atoms with van der Waals surface area (Å²) in [6.07, 6.45) is 29.0. The molecule has 2 heteroatoms. The average Bonchev–Trinajstić information content (AvgIpc) is 2.70. The molecule has 0 aliphatic heterocycles. The topological polar surface area (TPSA) is 43.1 Å². The van der Waals surface area contributed by atoms with Crippen molar-refractivity contribution < 1.29 is 4.79 Å². The van der Waals surface area contributed by atoms with Gasteiger partial charge in [0.15, 0.2) is 0 Å². The van der Waals surface area contributed by atoms with Gasteiger partial charge in [0.25, 0.3) is 0 Å². The molecule has 0 bridgehead atoms. The van der Waals surface area contributed by atoms with Crippen LogP contribution in [0.25, 0.3) is 0 Å². The van der Waals surface area contributed by atoms with Gasteiger partial charge in [-0.1, -0.05) is 110 Å². The molecule has 0 saturated heterocycles. The lowest BCUT2D eigenvalue weighted by atomic mass is 9.77. The second-order valence-electron chi connectivity index (χ2n) is 8.75. The molecule has 0 rings (SSSR count). The highest BCUT2D eigenvalue weighted by molar-refractivity contribution is 5.80.